The number of nitrogens with zero attached hydrogens (tertiary/aromatic N) is 1. The van der Waals surface area contributed by atoms with E-state index in [9.17, 15) is 13.2 Å². The SMILES string of the molecule is CC(C)Oc1ccc(Oc2ccc(C(F)(F)F)cn2)cc1. The van der Waals surface area contributed by atoms with Crippen LogP contribution in [-0.4, -0.2) is 11.1 Å². The third-order valence-electron chi connectivity index (χ3n) is 2.48. The maximum absolute atomic E-state index is 12.4. The van der Waals surface area contributed by atoms with Crippen molar-refractivity contribution in [2.45, 2.75) is 26.1 Å². The Hall–Kier alpha value is -2.24. The topological polar surface area (TPSA) is 31.4 Å². The predicted molar refractivity (Wildman–Crippen MR) is 71.5 cm³/mol. The molecule has 0 unspecified atom stereocenters. The Labute approximate surface area is 120 Å². The number of alkyl halides is 3. The van der Waals surface area contributed by atoms with Crippen molar-refractivity contribution in [2.75, 3.05) is 0 Å². The number of hydrogen-bond donors (Lipinski definition) is 0. The normalized spacial score (nSPS) is 11.5. The van der Waals surface area contributed by atoms with Crippen LogP contribution in [0, 0.1) is 0 Å². The molecule has 0 bridgehead atoms. The molecule has 2 rings (SSSR count). The van der Waals surface area contributed by atoms with Crippen LogP contribution in [0.4, 0.5) is 13.2 Å². The molecule has 1 heterocycles. The molecular formula is C15H14F3NO2. The lowest BCUT2D eigenvalue weighted by molar-refractivity contribution is -0.137. The van der Waals surface area contributed by atoms with E-state index in [0.717, 1.165) is 12.3 Å². The quantitative estimate of drug-likeness (QED) is 0.821. The van der Waals surface area contributed by atoms with E-state index >= 15 is 0 Å². The summed E-state index contributed by atoms with van der Waals surface area (Å²) in [5, 5.41) is 0. The third kappa shape index (κ3) is 4.37. The third-order valence-corrected chi connectivity index (χ3v) is 2.48. The number of pyridine rings is 1. The maximum atomic E-state index is 12.4. The second-order valence-electron chi connectivity index (χ2n) is 4.62. The van der Waals surface area contributed by atoms with Gasteiger partial charge >= 0.3 is 6.18 Å². The summed E-state index contributed by atoms with van der Waals surface area (Å²) in [6.07, 6.45) is -3.60. The number of rotatable bonds is 4. The van der Waals surface area contributed by atoms with Gasteiger partial charge in [-0.3, -0.25) is 0 Å². The van der Waals surface area contributed by atoms with Gasteiger partial charge in [-0.05, 0) is 44.2 Å². The van der Waals surface area contributed by atoms with Gasteiger partial charge in [0.25, 0.3) is 0 Å². The van der Waals surface area contributed by atoms with Crippen molar-refractivity contribution in [1.82, 2.24) is 4.98 Å². The summed E-state index contributed by atoms with van der Waals surface area (Å²) < 4.78 is 48.0. The van der Waals surface area contributed by atoms with Crippen molar-refractivity contribution in [3.8, 4) is 17.4 Å². The maximum Gasteiger partial charge on any atom is 0.417 e. The average molecular weight is 297 g/mol. The molecule has 0 amide bonds. The molecule has 0 radical (unpaired) electrons. The highest BCUT2D eigenvalue weighted by molar-refractivity contribution is 5.34. The van der Waals surface area contributed by atoms with E-state index in [4.69, 9.17) is 9.47 Å². The van der Waals surface area contributed by atoms with Crippen molar-refractivity contribution in [2.24, 2.45) is 0 Å². The highest BCUT2D eigenvalue weighted by Crippen LogP contribution is 2.30. The van der Waals surface area contributed by atoms with Crippen molar-refractivity contribution < 1.29 is 22.6 Å². The Bertz CT molecular complexity index is 577. The van der Waals surface area contributed by atoms with Gasteiger partial charge in [0.2, 0.25) is 5.88 Å². The smallest absolute Gasteiger partial charge is 0.417 e. The number of halogens is 3. The lowest BCUT2D eigenvalue weighted by Gasteiger charge is -2.11. The average Bonchev–Trinajstić information content (AvgIpc) is 2.40. The molecule has 1 aromatic carbocycles. The number of aromatic nitrogens is 1. The molecule has 0 N–H and O–H groups in total. The fourth-order valence-electron chi connectivity index (χ4n) is 1.59. The Balaban J connectivity index is 2.04. The first-order chi connectivity index (χ1) is 9.84. The second-order valence-corrected chi connectivity index (χ2v) is 4.62. The molecular weight excluding hydrogens is 283 g/mol. The predicted octanol–water partition coefficient (Wildman–Crippen LogP) is 4.68. The summed E-state index contributed by atoms with van der Waals surface area (Å²) >= 11 is 0. The molecule has 0 aliphatic heterocycles. The molecule has 2 aromatic rings. The summed E-state index contributed by atoms with van der Waals surface area (Å²) in [5.74, 6) is 1.26. The zero-order valence-corrected chi connectivity index (χ0v) is 11.5. The first kappa shape index (κ1) is 15.2. The lowest BCUT2D eigenvalue weighted by atomic mass is 10.3. The summed E-state index contributed by atoms with van der Waals surface area (Å²) in [7, 11) is 0. The Morgan fingerprint density at radius 1 is 0.952 bits per heavy atom. The molecule has 0 aliphatic carbocycles. The highest BCUT2D eigenvalue weighted by atomic mass is 19.4. The van der Waals surface area contributed by atoms with Crippen LogP contribution in [0.25, 0.3) is 0 Å². The summed E-state index contributed by atoms with van der Waals surface area (Å²) in [5.41, 5.74) is -0.810. The second kappa shape index (κ2) is 6.03. The van der Waals surface area contributed by atoms with Gasteiger partial charge in [0, 0.05) is 12.3 Å². The molecule has 0 atom stereocenters. The van der Waals surface area contributed by atoms with Crippen LogP contribution in [0.5, 0.6) is 17.4 Å². The lowest BCUT2D eigenvalue weighted by Crippen LogP contribution is -2.05. The fourth-order valence-corrected chi connectivity index (χ4v) is 1.59. The standard InChI is InChI=1S/C15H14F3NO2/c1-10(2)20-12-4-6-13(7-5-12)21-14-8-3-11(9-19-14)15(16,17)18/h3-10H,1-2H3. The zero-order chi connectivity index (χ0) is 15.5. The van der Waals surface area contributed by atoms with Crippen LogP contribution in [0.2, 0.25) is 0 Å². The van der Waals surface area contributed by atoms with Crippen LogP contribution in [-0.2, 0) is 6.18 Å². The molecule has 0 aliphatic rings. The number of benzene rings is 1. The van der Waals surface area contributed by atoms with Crippen LogP contribution in [0.1, 0.15) is 19.4 Å². The Morgan fingerprint density at radius 2 is 1.57 bits per heavy atom. The number of ether oxygens (including phenoxy) is 2. The van der Waals surface area contributed by atoms with E-state index in [1.54, 1.807) is 24.3 Å². The number of hydrogen-bond acceptors (Lipinski definition) is 3. The minimum absolute atomic E-state index is 0.0633. The molecule has 3 nitrogen and oxygen atoms in total. The summed E-state index contributed by atoms with van der Waals surface area (Å²) in [6.45, 7) is 3.83. The fraction of sp³-hybridized carbons (Fsp3) is 0.267. The minimum atomic E-state index is -4.40. The van der Waals surface area contributed by atoms with Gasteiger partial charge in [-0.25, -0.2) is 4.98 Å². The van der Waals surface area contributed by atoms with Gasteiger partial charge in [-0.2, -0.15) is 13.2 Å². The summed E-state index contributed by atoms with van der Waals surface area (Å²) in [4.78, 5) is 3.64. The van der Waals surface area contributed by atoms with Crippen molar-refractivity contribution in [3.63, 3.8) is 0 Å². The van der Waals surface area contributed by atoms with Gasteiger partial charge < -0.3 is 9.47 Å². The molecule has 0 fully saturated rings. The molecule has 6 heteroatoms. The largest absolute Gasteiger partial charge is 0.491 e. The van der Waals surface area contributed by atoms with Gasteiger partial charge in [0.15, 0.2) is 0 Å². The van der Waals surface area contributed by atoms with E-state index in [-0.39, 0.29) is 12.0 Å². The van der Waals surface area contributed by atoms with Crippen molar-refractivity contribution in [1.29, 1.82) is 0 Å². The van der Waals surface area contributed by atoms with Crippen LogP contribution >= 0.6 is 0 Å². The van der Waals surface area contributed by atoms with Gasteiger partial charge in [-0.1, -0.05) is 0 Å². The van der Waals surface area contributed by atoms with Gasteiger partial charge in [-0.15, -0.1) is 0 Å². The van der Waals surface area contributed by atoms with Crippen LogP contribution < -0.4 is 9.47 Å². The van der Waals surface area contributed by atoms with Crippen molar-refractivity contribution >= 4 is 0 Å². The minimum Gasteiger partial charge on any atom is -0.491 e. The van der Waals surface area contributed by atoms with E-state index in [1.807, 2.05) is 13.8 Å². The van der Waals surface area contributed by atoms with Crippen molar-refractivity contribution in [3.05, 3.63) is 48.2 Å². The van der Waals surface area contributed by atoms with E-state index in [1.165, 1.54) is 6.07 Å². The molecule has 0 saturated carbocycles. The summed E-state index contributed by atoms with van der Waals surface area (Å²) in [6, 6.07) is 8.88. The van der Waals surface area contributed by atoms with Crippen LogP contribution in [0.3, 0.4) is 0 Å². The molecule has 0 saturated heterocycles. The molecule has 21 heavy (non-hydrogen) atoms. The van der Waals surface area contributed by atoms with Crippen LogP contribution in [0.15, 0.2) is 42.6 Å². The highest BCUT2D eigenvalue weighted by Gasteiger charge is 2.30. The molecule has 1 aromatic heterocycles. The van der Waals surface area contributed by atoms with E-state index in [2.05, 4.69) is 4.98 Å². The molecule has 0 spiro atoms. The Morgan fingerprint density at radius 3 is 2.05 bits per heavy atom. The van der Waals surface area contributed by atoms with Gasteiger partial charge in [0.05, 0.1) is 11.7 Å². The van der Waals surface area contributed by atoms with E-state index < -0.39 is 11.7 Å². The monoisotopic (exact) mass is 297 g/mol. The van der Waals surface area contributed by atoms with E-state index in [0.29, 0.717) is 11.5 Å². The Kier molecular flexibility index (Phi) is 4.35. The first-order valence-electron chi connectivity index (χ1n) is 6.32. The first-order valence-corrected chi connectivity index (χ1v) is 6.32. The van der Waals surface area contributed by atoms with Gasteiger partial charge in [0.1, 0.15) is 11.5 Å². The molecule has 112 valence electrons. The zero-order valence-electron chi connectivity index (χ0n) is 11.5.